The van der Waals surface area contributed by atoms with Crippen LogP contribution in [0.3, 0.4) is 0 Å². The van der Waals surface area contributed by atoms with Crippen LogP contribution >= 0.6 is 11.6 Å². The molecule has 0 saturated carbocycles. The van der Waals surface area contributed by atoms with Crippen molar-refractivity contribution in [3.05, 3.63) is 94.5 Å². The fourth-order valence-corrected chi connectivity index (χ4v) is 3.87. The Morgan fingerprint density at radius 1 is 0.970 bits per heavy atom. The van der Waals surface area contributed by atoms with E-state index in [1.54, 1.807) is 18.2 Å². The number of carbonyl (C=O) groups excluding carboxylic acids is 2. The molecule has 2 N–H and O–H groups in total. The molecule has 0 fully saturated rings. The van der Waals surface area contributed by atoms with E-state index in [0.29, 0.717) is 11.4 Å². The predicted molar refractivity (Wildman–Crippen MR) is 132 cm³/mol. The molecule has 3 aromatic rings. The molecule has 6 nitrogen and oxygen atoms in total. The molecule has 0 aromatic heterocycles. The van der Waals surface area contributed by atoms with Gasteiger partial charge in [-0.15, -0.1) is 0 Å². The minimum atomic E-state index is -3.43. The molecular weight excluding hydrogens is 460 g/mol. The van der Waals surface area contributed by atoms with Gasteiger partial charge in [0.2, 0.25) is 5.91 Å². The van der Waals surface area contributed by atoms with Gasteiger partial charge in [-0.3, -0.25) is 9.59 Å². The van der Waals surface area contributed by atoms with Crippen LogP contribution in [0.2, 0.25) is 5.02 Å². The van der Waals surface area contributed by atoms with E-state index in [4.69, 9.17) is 11.6 Å². The summed E-state index contributed by atoms with van der Waals surface area (Å²) in [4.78, 5) is 24.8. The minimum Gasteiger partial charge on any atom is -0.322 e. The number of rotatable bonds is 7. The quantitative estimate of drug-likeness (QED) is 0.452. The third-order valence-corrected chi connectivity index (χ3v) is 6.25. The van der Waals surface area contributed by atoms with Gasteiger partial charge in [-0.25, -0.2) is 8.42 Å². The lowest BCUT2D eigenvalue weighted by molar-refractivity contribution is -0.111. The van der Waals surface area contributed by atoms with E-state index in [-0.39, 0.29) is 21.4 Å². The molecule has 33 heavy (non-hydrogen) atoms. The number of carbonyl (C=O) groups is 2. The van der Waals surface area contributed by atoms with Crippen molar-refractivity contribution in [3.63, 3.8) is 0 Å². The third kappa shape index (κ3) is 6.78. The molecule has 0 unspecified atom stereocenters. The van der Waals surface area contributed by atoms with Crippen molar-refractivity contribution in [3.8, 4) is 0 Å². The summed E-state index contributed by atoms with van der Waals surface area (Å²) >= 11 is 6.27. The Balaban J connectivity index is 1.65. The maximum atomic E-state index is 12.5. The van der Waals surface area contributed by atoms with Crippen LogP contribution in [0.15, 0.2) is 77.7 Å². The van der Waals surface area contributed by atoms with E-state index in [1.165, 1.54) is 42.0 Å². The fourth-order valence-electron chi connectivity index (χ4n) is 2.98. The first kappa shape index (κ1) is 24.2. The first-order valence-electron chi connectivity index (χ1n) is 10.1. The Kier molecular flexibility index (Phi) is 7.68. The van der Waals surface area contributed by atoms with Gasteiger partial charge in [0.05, 0.1) is 15.6 Å². The van der Waals surface area contributed by atoms with Crippen LogP contribution in [-0.4, -0.2) is 26.5 Å². The third-order valence-electron chi connectivity index (χ3n) is 4.82. The zero-order valence-electron chi connectivity index (χ0n) is 18.1. The number of anilines is 2. The van der Waals surface area contributed by atoms with Crippen molar-refractivity contribution in [1.29, 1.82) is 0 Å². The monoisotopic (exact) mass is 482 g/mol. The zero-order valence-corrected chi connectivity index (χ0v) is 19.7. The molecule has 170 valence electrons. The first-order valence-corrected chi connectivity index (χ1v) is 12.4. The van der Waals surface area contributed by atoms with Gasteiger partial charge in [0.25, 0.3) is 5.91 Å². The minimum absolute atomic E-state index is 0.0497. The van der Waals surface area contributed by atoms with Crippen LogP contribution in [0, 0.1) is 0 Å². The van der Waals surface area contributed by atoms with E-state index in [9.17, 15) is 18.0 Å². The number of hydrogen-bond acceptors (Lipinski definition) is 4. The number of halogens is 1. The molecule has 3 rings (SSSR count). The Hall–Kier alpha value is -3.42. The fraction of sp³-hybridized carbons (Fsp3) is 0.120. The predicted octanol–water partition coefficient (Wildman–Crippen LogP) is 5.21. The van der Waals surface area contributed by atoms with Crippen molar-refractivity contribution < 1.29 is 18.0 Å². The molecule has 3 aromatic carbocycles. The highest BCUT2D eigenvalue weighted by molar-refractivity contribution is 7.90. The van der Waals surface area contributed by atoms with Crippen molar-refractivity contribution in [2.45, 2.75) is 18.2 Å². The van der Waals surface area contributed by atoms with Gasteiger partial charge in [0, 0.05) is 23.6 Å². The highest BCUT2D eigenvalue weighted by Crippen LogP contribution is 2.26. The lowest BCUT2D eigenvalue weighted by Crippen LogP contribution is -2.13. The van der Waals surface area contributed by atoms with Gasteiger partial charge in [-0.2, -0.15) is 0 Å². The Labute approximate surface area is 198 Å². The van der Waals surface area contributed by atoms with Crippen molar-refractivity contribution in [1.82, 2.24) is 0 Å². The Morgan fingerprint density at radius 2 is 1.70 bits per heavy atom. The van der Waals surface area contributed by atoms with Crippen molar-refractivity contribution >= 4 is 50.7 Å². The number of nitrogens with one attached hydrogen (secondary N) is 2. The second-order valence-electron chi connectivity index (χ2n) is 7.37. The standard InChI is InChI=1S/C25H23ClN2O4S/c1-3-17-7-9-18(10-8-17)11-14-24(29)27-20-12-13-23(22(26)16-20)28-25(30)19-5-4-6-21(15-19)33(2,31)32/h4-16H,3H2,1-2H3,(H,27,29)(H,28,30)/b14-11+. The topological polar surface area (TPSA) is 92.3 Å². The first-order chi connectivity index (χ1) is 15.7. The number of hydrogen-bond donors (Lipinski definition) is 2. The van der Waals surface area contributed by atoms with Crippen LogP contribution in [0.5, 0.6) is 0 Å². The SMILES string of the molecule is CCc1ccc(/C=C/C(=O)Nc2ccc(NC(=O)c3cccc(S(C)(=O)=O)c3)c(Cl)c2)cc1. The van der Waals surface area contributed by atoms with Crippen LogP contribution in [0.25, 0.3) is 6.08 Å². The summed E-state index contributed by atoms with van der Waals surface area (Å²) in [6, 6.07) is 18.3. The summed E-state index contributed by atoms with van der Waals surface area (Å²) in [5.41, 5.74) is 3.12. The molecule has 0 atom stereocenters. The second kappa shape index (κ2) is 10.5. The Morgan fingerprint density at radius 3 is 2.33 bits per heavy atom. The highest BCUT2D eigenvalue weighted by Gasteiger charge is 2.13. The van der Waals surface area contributed by atoms with Crippen LogP contribution in [0.4, 0.5) is 11.4 Å². The van der Waals surface area contributed by atoms with Crippen LogP contribution in [-0.2, 0) is 21.1 Å². The summed E-state index contributed by atoms with van der Waals surface area (Å²) in [7, 11) is -3.43. The Bertz CT molecular complexity index is 1320. The van der Waals surface area contributed by atoms with Gasteiger partial charge < -0.3 is 10.6 Å². The van der Waals surface area contributed by atoms with E-state index < -0.39 is 15.7 Å². The average molecular weight is 483 g/mol. The number of benzene rings is 3. The average Bonchev–Trinajstić information content (AvgIpc) is 2.79. The van der Waals surface area contributed by atoms with E-state index in [1.807, 2.05) is 24.3 Å². The molecule has 0 aliphatic carbocycles. The van der Waals surface area contributed by atoms with Gasteiger partial charge in [-0.05, 0) is 60.0 Å². The maximum absolute atomic E-state index is 12.5. The normalized spacial score (nSPS) is 11.4. The van der Waals surface area contributed by atoms with Crippen LogP contribution < -0.4 is 10.6 Å². The van der Waals surface area contributed by atoms with Crippen molar-refractivity contribution in [2.24, 2.45) is 0 Å². The van der Waals surface area contributed by atoms with Gasteiger partial charge in [0.15, 0.2) is 9.84 Å². The van der Waals surface area contributed by atoms with Crippen molar-refractivity contribution in [2.75, 3.05) is 16.9 Å². The lowest BCUT2D eigenvalue weighted by atomic mass is 10.1. The molecule has 0 bridgehead atoms. The van der Waals surface area contributed by atoms with E-state index >= 15 is 0 Å². The summed E-state index contributed by atoms with van der Waals surface area (Å²) in [6.07, 6.45) is 5.18. The summed E-state index contributed by atoms with van der Waals surface area (Å²) in [5.74, 6) is -0.823. The van der Waals surface area contributed by atoms with Crippen LogP contribution in [0.1, 0.15) is 28.4 Å². The molecule has 2 amide bonds. The summed E-state index contributed by atoms with van der Waals surface area (Å²) in [6.45, 7) is 2.08. The van der Waals surface area contributed by atoms with Gasteiger partial charge in [-0.1, -0.05) is 48.9 Å². The van der Waals surface area contributed by atoms with E-state index in [0.717, 1.165) is 18.2 Å². The molecule has 0 radical (unpaired) electrons. The van der Waals surface area contributed by atoms with E-state index in [2.05, 4.69) is 17.6 Å². The van der Waals surface area contributed by atoms with Gasteiger partial charge in [0.1, 0.15) is 0 Å². The molecule has 0 aliphatic rings. The molecule has 0 aliphatic heterocycles. The molecule has 0 heterocycles. The summed E-state index contributed by atoms with van der Waals surface area (Å²) in [5, 5.41) is 5.59. The number of aryl methyl sites for hydroxylation is 1. The smallest absolute Gasteiger partial charge is 0.255 e. The molecule has 0 spiro atoms. The maximum Gasteiger partial charge on any atom is 0.255 e. The molecular formula is C25H23ClN2O4S. The molecule has 0 saturated heterocycles. The lowest BCUT2D eigenvalue weighted by Gasteiger charge is -2.10. The second-order valence-corrected chi connectivity index (χ2v) is 9.79. The zero-order chi connectivity index (χ0) is 24.0. The van der Waals surface area contributed by atoms with Gasteiger partial charge >= 0.3 is 0 Å². The largest absolute Gasteiger partial charge is 0.322 e. The number of amides is 2. The number of sulfone groups is 1. The summed E-state index contributed by atoms with van der Waals surface area (Å²) < 4.78 is 23.4. The highest BCUT2D eigenvalue weighted by atomic mass is 35.5. The molecule has 8 heteroatoms.